The summed E-state index contributed by atoms with van der Waals surface area (Å²) >= 11 is 0. The number of carbonyl (C=O) groups excluding carboxylic acids is 2. The highest BCUT2D eigenvalue weighted by Gasteiger charge is 2.50. The second-order valence-electron chi connectivity index (χ2n) is 6.21. The van der Waals surface area contributed by atoms with Crippen molar-refractivity contribution >= 4 is 22.8 Å². The number of hydrogen-bond donors (Lipinski definition) is 1. The van der Waals surface area contributed by atoms with E-state index in [9.17, 15) is 9.59 Å². The number of ether oxygens (including phenoxy) is 1. The average molecular weight is 330 g/mol. The van der Waals surface area contributed by atoms with Crippen molar-refractivity contribution in [1.82, 2.24) is 10.2 Å². The lowest BCUT2D eigenvalue weighted by molar-refractivity contribution is -0.133. The molecule has 0 aliphatic carbocycles. The number of likely N-dealkylation sites (N-methyl/N-ethyl adjacent to an activating group) is 1. The SMILES string of the molecule is CNC(=O)C1(COC)CCCN1C(=O)c1coc2c(C)cccc12. The minimum Gasteiger partial charge on any atom is -0.463 e. The van der Waals surface area contributed by atoms with Gasteiger partial charge in [0, 0.05) is 26.1 Å². The Hall–Kier alpha value is -2.34. The first-order chi connectivity index (χ1) is 11.5. The second kappa shape index (κ2) is 6.28. The number of nitrogens with one attached hydrogen (secondary N) is 1. The highest BCUT2D eigenvalue weighted by molar-refractivity contribution is 6.08. The summed E-state index contributed by atoms with van der Waals surface area (Å²) in [5.74, 6) is -0.392. The maximum Gasteiger partial charge on any atom is 0.258 e. The standard InChI is InChI=1S/C18H22N2O4/c1-12-6-4-7-13-14(10-24-15(12)13)16(21)20-9-5-8-18(20,11-23-3)17(22)19-2/h4,6-7,10H,5,8-9,11H2,1-3H3,(H,19,22). The van der Waals surface area contributed by atoms with Crippen molar-refractivity contribution in [1.29, 1.82) is 0 Å². The number of para-hydroxylation sites is 1. The van der Waals surface area contributed by atoms with Gasteiger partial charge >= 0.3 is 0 Å². The highest BCUT2D eigenvalue weighted by Crippen LogP contribution is 2.34. The van der Waals surface area contributed by atoms with E-state index >= 15 is 0 Å². The molecule has 0 spiro atoms. The molecule has 1 saturated heterocycles. The molecule has 2 heterocycles. The number of rotatable bonds is 4. The number of fused-ring (bicyclic) bond motifs is 1. The second-order valence-corrected chi connectivity index (χ2v) is 6.21. The lowest BCUT2D eigenvalue weighted by Gasteiger charge is -2.36. The van der Waals surface area contributed by atoms with Crippen LogP contribution in [0.25, 0.3) is 11.0 Å². The zero-order chi connectivity index (χ0) is 17.3. The number of benzene rings is 1. The fraction of sp³-hybridized carbons (Fsp3) is 0.444. The van der Waals surface area contributed by atoms with Crippen LogP contribution >= 0.6 is 0 Å². The summed E-state index contributed by atoms with van der Waals surface area (Å²) in [6.45, 7) is 2.64. The molecule has 1 N–H and O–H groups in total. The molecule has 1 aromatic carbocycles. The van der Waals surface area contributed by atoms with Crippen LogP contribution in [-0.4, -0.2) is 49.6 Å². The van der Waals surface area contributed by atoms with Crippen LogP contribution < -0.4 is 5.32 Å². The molecule has 6 nitrogen and oxygen atoms in total. The van der Waals surface area contributed by atoms with Crippen LogP contribution in [0.1, 0.15) is 28.8 Å². The molecule has 0 radical (unpaired) electrons. The number of nitrogens with zero attached hydrogens (tertiary/aromatic N) is 1. The number of likely N-dealkylation sites (tertiary alicyclic amines) is 1. The Morgan fingerprint density at radius 2 is 2.21 bits per heavy atom. The third-order valence-electron chi connectivity index (χ3n) is 4.79. The molecular weight excluding hydrogens is 308 g/mol. The fourth-order valence-corrected chi connectivity index (χ4v) is 3.61. The molecule has 1 atom stereocenters. The van der Waals surface area contributed by atoms with Crippen LogP contribution in [0.3, 0.4) is 0 Å². The molecule has 0 bridgehead atoms. The smallest absolute Gasteiger partial charge is 0.258 e. The molecule has 1 unspecified atom stereocenters. The van der Waals surface area contributed by atoms with Crippen LogP contribution in [-0.2, 0) is 9.53 Å². The van der Waals surface area contributed by atoms with E-state index in [1.807, 2.05) is 25.1 Å². The highest BCUT2D eigenvalue weighted by atomic mass is 16.5. The first-order valence-electron chi connectivity index (χ1n) is 8.05. The van der Waals surface area contributed by atoms with Gasteiger partial charge in [-0.25, -0.2) is 0 Å². The molecule has 3 rings (SSSR count). The Labute approximate surface area is 140 Å². The van der Waals surface area contributed by atoms with Gasteiger partial charge < -0.3 is 19.4 Å². The van der Waals surface area contributed by atoms with Crippen molar-refractivity contribution in [3.8, 4) is 0 Å². The van der Waals surface area contributed by atoms with Gasteiger partial charge in [0.1, 0.15) is 17.4 Å². The quantitative estimate of drug-likeness (QED) is 0.932. The molecule has 2 amide bonds. The topological polar surface area (TPSA) is 71.8 Å². The Morgan fingerprint density at radius 3 is 2.92 bits per heavy atom. The van der Waals surface area contributed by atoms with E-state index in [0.29, 0.717) is 24.1 Å². The molecule has 1 aliphatic heterocycles. The molecule has 1 aliphatic rings. The lowest BCUT2D eigenvalue weighted by Crippen LogP contribution is -2.59. The van der Waals surface area contributed by atoms with Gasteiger partial charge in [0.25, 0.3) is 5.91 Å². The van der Waals surface area contributed by atoms with E-state index in [2.05, 4.69) is 5.32 Å². The van der Waals surface area contributed by atoms with Gasteiger partial charge in [0.15, 0.2) is 0 Å². The zero-order valence-corrected chi connectivity index (χ0v) is 14.2. The molecular formula is C18H22N2O4. The first kappa shape index (κ1) is 16.5. The summed E-state index contributed by atoms with van der Waals surface area (Å²) in [4.78, 5) is 27.3. The summed E-state index contributed by atoms with van der Waals surface area (Å²) in [7, 11) is 3.12. The van der Waals surface area contributed by atoms with Crippen molar-refractivity contribution in [2.24, 2.45) is 0 Å². The maximum absolute atomic E-state index is 13.2. The van der Waals surface area contributed by atoms with Crippen molar-refractivity contribution < 1.29 is 18.7 Å². The average Bonchev–Trinajstić information content (AvgIpc) is 3.19. The minimum absolute atomic E-state index is 0.174. The van der Waals surface area contributed by atoms with Crippen LogP contribution in [0.4, 0.5) is 0 Å². The van der Waals surface area contributed by atoms with Gasteiger partial charge in [-0.15, -0.1) is 0 Å². The lowest BCUT2D eigenvalue weighted by atomic mass is 9.95. The predicted octanol–water partition coefficient (Wildman–Crippen LogP) is 2.11. The van der Waals surface area contributed by atoms with E-state index in [4.69, 9.17) is 9.15 Å². The predicted molar refractivity (Wildman–Crippen MR) is 89.9 cm³/mol. The summed E-state index contributed by atoms with van der Waals surface area (Å²) in [5.41, 5.74) is 1.20. The molecule has 0 saturated carbocycles. The van der Waals surface area contributed by atoms with Crippen molar-refractivity contribution in [3.63, 3.8) is 0 Å². The maximum atomic E-state index is 13.2. The van der Waals surface area contributed by atoms with Crippen molar-refractivity contribution in [2.45, 2.75) is 25.3 Å². The number of carbonyl (C=O) groups is 2. The number of hydrogen-bond acceptors (Lipinski definition) is 4. The van der Waals surface area contributed by atoms with Gasteiger partial charge in [0.05, 0.1) is 12.2 Å². The molecule has 1 fully saturated rings. The van der Waals surface area contributed by atoms with Gasteiger partial charge in [0.2, 0.25) is 5.91 Å². The van der Waals surface area contributed by atoms with Gasteiger partial charge in [-0.1, -0.05) is 18.2 Å². The van der Waals surface area contributed by atoms with Crippen molar-refractivity contribution in [2.75, 3.05) is 27.3 Å². The zero-order valence-electron chi connectivity index (χ0n) is 14.2. The number of methoxy groups -OCH3 is 1. The van der Waals surface area contributed by atoms with Crippen LogP contribution in [0.15, 0.2) is 28.9 Å². The Balaban J connectivity index is 2.04. The monoisotopic (exact) mass is 330 g/mol. The molecule has 128 valence electrons. The summed E-state index contributed by atoms with van der Waals surface area (Å²) in [6, 6.07) is 5.71. The normalized spacial score (nSPS) is 20.5. The number of furan rings is 1. The Morgan fingerprint density at radius 1 is 1.42 bits per heavy atom. The number of aryl methyl sites for hydroxylation is 1. The fourth-order valence-electron chi connectivity index (χ4n) is 3.61. The molecule has 24 heavy (non-hydrogen) atoms. The third-order valence-corrected chi connectivity index (χ3v) is 4.79. The van der Waals surface area contributed by atoms with E-state index in [1.165, 1.54) is 6.26 Å². The van der Waals surface area contributed by atoms with Crippen molar-refractivity contribution in [3.05, 3.63) is 35.6 Å². The summed E-state index contributed by atoms with van der Waals surface area (Å²) < 4.78 is 10.9. The van der Waals surface area contributed by atoms with Gasteiger partial charge in [-0.05, 0) is 25.3 Å². The molecule has 6 heteroatoms. The number of amides is 2. The van der Waals surface area contributed by atoms with Crippen LogP contribution in [0.5, 0.6) is 0 Å². The van der Waals surface area contributed by atoms with Crippen LogP contribution in [0.2, 0.25) is 0 Å². The largest absolute Gasteiger partial charge is 0.463 e. The summed E-state index contributed by atoms with van der Waals surface area (Å²) in [5, 5.41) is 3.45. The van der Waals surface area contributed by atoms with Gasteiger partial charge in [-0.2, -0.15) is 0 Å². The van der Waals surface area contributed by atoms with E-state index < -0.39 is 5.54 Å². The molecule has 2 aromatic rings. The van der Waals surface area contributed by atoms with E-state index in [0.717, 1.165) is 17.4 Å². The Bertz CT molecular complexity index is 782. The summed E-state index contributed by atoms with van der Waals surface area (Å²) in [6.07, 6.45) is 2.83. The van der Waals surface area contributed by atoms with E-state index in [-0.39, 0.29) is 18.4 Å². The molecule has 1 aromatic heterocycles. The van der Waals surface area contributed by atoms with Crippen LogP contribution in [0, 0.1) is 6.92 Å². The first-order valence-corrected chi connectivity index (χ1v) is 8.05. The third kappa shape index (κ3) is 2.38. The Kier molecular flexibility index (Phi) is 4.32. The minimum atomic E-state index is -0.964. The van der Waals surface area contributed by atoms with E-state index in [1.54, 1.807) is 19.1 Å². The van der Waals surface area contributed by atoms with Gasteiger partial charge in [-0.3, -0.25) is 9.59 Å².